The van der Waals surface area contributed by atoms with Gasteiger partial charge in [0.2, 0.25) is 5.89 Å². The zero-order chi connectivity index (χ0) is 12.4. The Balaban J connectivity index is 2.33. The molecule has 0 aliphatic heterocycles. The fourth-order valence-electron chi connectivity index (χ4n) is 1.24. The van der Waals surface area contributed by atoms with Gasteiger partial charge < -0.3 is 4.52 Å². The van der Waals surface area contributed by atoms with Crippen molar-refractivity contribution in [2.24, 2.45) is 0 Å². The van der Waals surface area contributed by atoms with Crippen LogP contribution < -0.4 is 11.2 Å². The molecule has 8 heteroatoms. The number of aromatic nitrogens is 4. The minimum absolute atomic E-state index is 0.0696. The van der Waals surface area contributed by atoms with Gasteiger partial charge in [-0.1, -0.05) is 23.7 Å². The van der Waals surface area contributed by atoms with Gasteiger partial charge in [0.1, 0.15) is 11.6 Å². The van der Waals surface area contributed by atoms with Crippen molar-refractivity contribution in [3.63, 3.8) is 0 Å². The molecule has 0 unspecified atom stereocenters. The highest BCUT2D eigenvalue weighted by molar-refractivity contribution is 6.30. The van der Waals surface area contributed by atoms with Crippen LogP contribution in [0.3, 0.4) is 0 Å². The first kappa shape index (κ1) is 11.6. The SMILES string of the molecule is CCc1noc(Cn2cc(Cl)c(=O)[nH]c2=O)n1. The number of hydrogen-bond donors (Lipinski definition) is 1. The van der Waals surface area contributed by atoms with E-state index in [1.165, 1.54) is 10.8 Å². The predicted octanol–water partition coefficient (Wildman–Crippen LogP) is 0.184. The van der Waals surface area contributed by atoms with Crippen LogP contribution in [-0.2, 0) is 13.0 Å². The Labute approximate surface area is 100 Å². The van der Waals surface area contributed by atoms with E-state index < -0.39 is 11.2 Å². The number of hydrogen-bond acceptors (Lipinski definition) is 5. The highest BCUT2D eigenvalue weighted by atomic mass is 35.5. The van der Waals surface area contributed by atoms with E-state index in [0.717, 1.165) is 0 Å². The number of H-pyrrole nitrogens is 1. The van der Waals surface area contributed by atoms with Crippen molar-refractivity contribution < 1.29 is 4.52 Å². The van der Waals surface area contributed by atoms with Crippen molar-refractivity contribution in [2.75, 3.05) is 0 Å². The van der Waals surface area contributed by atoms with Crippen LogP contribution in [0.15, 0.2) is 20.3 Å². The molecule has 17 heavy (non-hydrogen) atoms. The third-order valence-electron chi connectivity index (χ3n) is 2.10. The first-order valence-electron chi connectivity index (χ1n) is 4.91. The molecule has 0 aliphatic carbocycles. The van der Waals surface area contributed by atoms with E-state index in [4.69, 9.17) is 16.1 Å². The van der Waals surface area contributed by atoms with E-state index in [9.17, 15) is 9.59 Å². The van der Waals surface area contributed by atoms with Crippen LogP contribution in [0.25, 0.3) is 0 Å². The quantitative estimate of drug-likeness (QED) is 0.846. The second kappa shape index (κ2) is 4.54. The normalized spacial score (nSPS) is 10.7. The van der Waals surface area contributed by atoms with Gasteiger partial charge in [-0.15, -0.1) is 0 Å². The Kier molecular flexibility index (Phi) is 3.10. The maximum atomic E-state index is 11.4. The fourth-order valence-corrected chi connectivity index (χ4v) is 1.41. The van der Waals surface area contributed by atoms with Crippen LogP contribution in [0.4, 0.5) is 0 Å². The molecule has 0 fully saturated rings. The van der Waals surface area contributed by atoms with Crippen LogP contribution in [0, 0.1) is 0 Å². The van der Waals surface area contributed by atoms with Gasteiger partial charge in [-0.2, -0.15) is 4.98 Å². The van der Waals surface area contributed by atoms with E-state index in [-0.39, 0.29) is 17.5 Å². The van der Waals surface area contributed by atoms with E-state index >= 15 is 0 Å². The smallest absolute Gasteiger partial charge is 0.328 e. The standard InChI is InChI=1S/C9H9ClN4O3/c1-2-6-11-7(17-13-6)4-14-3-5(10)8(15)12-9(14)16/h3H,2,4H2,1H3,(H,12,15,16). The second-order valence-electron chi connectivity index (χ2n) is 3.32. The largest absolute Gasteiger partial charge is 0.337 e. The lowest BCUT2D eigenvalue weighted by Crippen LogP contribution is -2.30. The summed E-state index contributed by atoms with van der Waals surface area (Å²) in [5.74, 6) is 0.843. The van der Waals surface area contributed by atoms with Crippen molar-refractivity contribution in [3.8, 4) is 0 Å². The number of rotatable bonds is 3. The second-order valence-corrected chi connectivity index (χ2v) is 3.73. The van der Waals surface area contributed by atoms with Crippen LogP contribution in [0.1, 0.15) is 18.6 Å². The first-order valence-corrected chi connectivity index (χ1v) is 5.28. The average Bonchev–Trinajstić information content (AvgIpc) is 2.73. The van der Waals surface area contributed by atoms with E-state index in [1.54, 1.807) is 0 Å². The molecule has 2 rings (SSSR count). The molecule has 1 N–H and O–H groups in total. The maximum Gasteiger partial charge on any atom is 0.328 e. The topological polar surface area (TPSA) is 93.8 Å². The van der Waals surface area contributed by atoms with Gasteiger partial charge >= 0.3 is 5.69 Å². The number of halogens is 1. The van der Waals surface area contributed by atoms with Gasteiger partial charge in [-0.25, -0.2) is 4.79 Å². The molecule has 0 atom stereocenters. The average molecular weight is 257 g/mol. The molecule has 0 aromatic carbocycles. The Morgan fingerprint density at radius 1 is 1.53 bits per heavy atom. The molecule has 0 aliphatic rings. The molecule has 2 aromatic rings. The Morgan fingerprint density at radius 2 is 2.29 bits per heavy atom. The lowest BCUT2D eigenvalue weighted by molar-refractivity contribution is 0.364. The Morgan fingerprint density at radius 3 is 2.94 bits per heavy atom. The van der Waals surface area contributed by atoms with Crippen molar-refractivity contribution in [2.45, 2.75) is 19.9 Å². The number of aromatic amines is 1. The van der Waals surface area contributed by atoms with Crippen molar-refractivity contribution in [3.05, 3.63) is 43.8 Å². The first-order chi connectivity index (χ1) is 8.10. The number of nitrogens with zero attached hydrogens (tertiary/aromatic N) is 3. The molecule has 90 valence electrons. The predicted molar refractivity (Wildman–Crippen MR) is 59.1 cm³/mol. The minimum Gasteiger partial charge on any atom is -0.337 e. The van der Waals surface area contributed by atoms with Crippen molar-refractivity contribution in [1.82, 2.24) is 19.7 Å². The highest BCUT2D eigenvalue weighted by Gasteiger charge is 2.08. The van der Waals surface area contributed by atoms with E-state index in [1.807, 2.05) is 6.92 Å². The molecule has 2 aromatic heterocycles. The summed E-state index contributed by atoms with van der Waals surface area (Å²) in [4.78, 5) is 28.6. The number of aryl methyl sites for hydroxylation is 1. The third kappa shape index (κ3) is 2.44. The Bertz CT molecular complexity index is 642. The number of nitrogens with one attached hydrogen (secondary N) is 1. The Hall–Kier alpha value is -1.89. The van der Waals surface area contributed by atoms with Gasteiger partial charge in [0, 0.05) is 12.6 Å². The van der Waals surface area contributed by atoms with Gasteiger partial charge in [-0.05, 0) is 0 Å². The van der Waals surface area contributed by atoms with Crippen LogP contribution >= 0.6 is 11.6 Å². The summed E-state index contributed by atoms with van der Waals surface area (Å²) < 4.78 is 6.12. The highest BCUT2D eigenvalue weighted by Crippen LogP contribution is 2.01. The van der Waals surface area contributed by atoms with E-state index in [0.29, 0.717) is 12.2 Å². The van der Waals surface area contributed by atoms with Gasteiger partial charge in [0.15, 0.2) is 5.82 Å². The molecule has 0 saturated heterocycles. The van der Waals surface area contributed by atoms with Crippen LogP contribution in [0.5, 0.6) is 0 Å². The summed E-state index contributed by atoms with van der Waals surface area (Å²) in [5.41, 5.74) is -1.19. The van der Waals surface area contributed by atoms with Crippen molar-refractivity contribution in [1.29, 1.82) is 0 Å². The lowest BCUT2D eigenvalue weighted by Gasteiger charge is -2.00. The molecule has 7 nitrogen and oxygen atoms in total. The van der Waals surface area contributed by atoms with Crippen molar-refractivity contribution >= 4 is 11.6 Å². The summed E-state index contributed by atoms with van der Waals surface area (Å²) >= 11 is 5.61. The lowest BCUT2D eigenvalue weighted by atomic mass is 10.5. The molecular weight excluding hydrogens is 248 g/mol. The van der Waals surface area contributed by atoms with Gasteiger partial charge in [0.05, 0.1) is 0 Å². The summed E-state index contributed by atoms with van der Waals surface area (Å²) in [7, 11) is 0. The summed E-state index contributed by atoms with van der Waals surface area (Å²) in [6.45, 7) is 1.96. The molecule has 0 amide bonds. The maximum absolute atomic E-state index is 11.4. The summed E-state index contributed by atoms with van der Waals surface area (Å²) in [6.07, 6.45) is 1.88. The third-order valence-corrected chi connectivity index (χ3v) is 2.37. The minimum atomic E-state index is -0.618. The molecule has 0 saturated carbocycles. The van der Waals surface area contributed by atoms with Gasteiger partial charge in [-0.3, -0.25) is 14.3 Å². The molecule has 0 radical (unpaired) electrons. The van der Waals surface area contributed by atoms with Gasteiger partial charge in [0.25, 0.3) is 5.56 Å². The zero-order valence-electron chi connectivity index (χ0n) is 8.94. The molecule has 0 bridgehead atoms. The fraction of sp³-hybridized carbons (Fsp3) is 0.333. The molecular formula is C9H9ClN4O3. The molecule has 2 heterocycles. The summed E-state index contributed by atoms with van der Waals surface area (Å²) in [6, 6.07) is 0. The summed E-state index contributed by atoms with van der Waals surface area (Å²) in [5, 5.41) is 3.62. The van der Waals surface area contributed by atoms with Crippen LogP contribution in [-0.4, -0.2) is 19.7 Å². The zero-order valence-corrected chi connectivity index (χ0v) is 9.69. The monoisotopic (exact) mass is 256 g/mol. The van der Waals surface area contributed by atoms with Crippen LogP contribution in [0.2, 0.25) is 5.02 Å². The van der Waals surface area contributed by atoms with E-state index in [2.05, 4.69) is 15.1 Å². The molecule has 0 spiro atoms.